The van der Waals surface area contributed by atoms with Crippen LogP contribution >= 0.6 is 0 Å². The van der Waals surface area contributed by atoms with Crippen LogP contribution in [0.25, 0.3) is 11.3 Å². The molecule has 25 heavy (non-hydrogen) atoms. The number of aliphatic hydroxyl groups is 1. The van der Waals surface area contributed by atoms with Crippen LogP contribution in [0.5, 0.6) is 11.5 Å². The lowest BCUT2D eigenvalue weighted by atomic mass is 10.1. The number of anilines is 1. The highest BCUT2D eigenvalue weighted by Crippen LogP contribution is 2.34. The van der Waals surface area contributed by atoms with Crippen LogP contribution in [-0.2, 0) is 4.79 Å². The first-order chi connectivity index (χ1) is 12.2. The van der Waals surface area contributed by atoms with Gasteiger partial charge in [0.25, 0.3) is 0 Å². The number of hydrogen-bond donors (Lipinski definition) is 3. The number of aliphatic hydroxyl groups excluding tert-OH is 1. The standard InChI is InChI=1S/C18H19N3O4/c22-12-9-14(19-10-12)18(23)21-17-3-1-2-13(20-17)11-4-5-15-16(8-11)25-7-6-24-15/h1-5,8,12,14,19,22H,6-7,9-10H2,(H,20,21,23). The predicted molar refractivity (Wildman–Crippen MR) is 91.7 cm³/mol. The highest BCUT2D eigenvalue weighted by atomic mass is 16.6. The molecule has 2 unspecified atom stereocenters. The van der Waals surface area contributed by atoms with Gasteiger partial charge in [-0.15, -0.1) is 0 Å². The quantitative estimate of drug-likeness (QED) is 0.776. The van der Waals surface area contributed by atoms with Crippen LogP contribution < -0.4 is 20.1 Å². The summed E-state index contributed by atoms with van der Waals surface area (Å²) < 4.78 is 11.1. The largest absolute Gasteiger partial charge is 0.486 e. The molecule has 1 aromatic heterocycles. The Hall–Kier alpha value is -2.64. The Morgan fingerprint density at radius 3 is 2.84 bits per heavy atom. The van der Waals surface area contributed by atoms with Crippen molar-refractivity contribution < 1.29 is 19.4 Å². The Bertz CT molecular complexity index is 796. The van der Waals surface area contributed by atoms with E-state index in [4.69, 9.17) is 9.47 Å². The number of hydrogen-bond acceptors (Lipinski definition) is 6. The molecular formula is C18H19N3O4. The molecule has 3 N–H and O–H groups in total. The van der Waals surface area contributed by atoms with Crippen LogP contribution in [0.3, 0.4) is 0 Å². The molecule has 0 bridgehead atoms. The van der Waals surface area contributed by atoms with Crippen LogP contribution in [0, 0.1) is 0 Å². The predicted octanol–water partition coefficient (Wildman–Crippen LogP) is 1.18. The molecule has 0 spiro atoms. The number of benzene rings is 1. The van der Waals surface area contributed by atoms with Crippen LogP contribution in [0.2, 0.25) is 0 Å². The van der Waals surface area contributed by atoms with Crippen molar-refractivity contribution in [1.82, 2.24) is 10.3 Å². The highest BCUT2D eigenvalue weighted by Gasteiger charge is 2.28. The molecule has 1 fully saturated rings. The molecule has 2 atom stereocenters. The van der Waals surface area contributed by atoms with E-state index in [0.717, 1.165) is 17.0 Å². The second-order valence-corrected chi connectivity index (χ2v) is 6.11. The van der Waals surface area contributed by atoms with Crippen LogP contribution in [0.1, 0.15) is 6.42 Å². The minimum absolute atomic E-state index is 0.191. The van der Waals surface area contributed by atoms with Gasteiger partial charge >= 0.3 is 0 Å². The first kappa shape index (κ1) is 15.9. The van der Waals surface area contributed by atoms with Crippen molar-refractivity contribution in [1.29, 1.82) is 0 Å². The lowest BCUT2D eigenvalue weighted by Gasteiger charge is -2.19. The number of amides is 1. The summed E-state index contributed by atoms with van der Waals surface area (Å²) in [5.41, 5.74) is 1.61. The van der Waals surface area contributed by atoms with E-state index in [2.05, 4.69) is 15.6 Å². The number of carbonyl (C=O) groups excluding carboxylic acids is 1. The second-order valence-electron chi connectivity index (χ2n) is 6.11. The fraction of sp³-hybridized carbons (Fsp3) is 0.333. The third-order valence-corrected chi connectivity index (χ3v) is 4.26. The van der Waals surface area contributed by atoms with Crippen LogP contribution in [0.15, 0.2) is 36.4 Å². The van der Waals surface area contributed by atoms with Gasteiger partial charge in [-0.25, -0.2) is 4.98 Å². The van der Waals surface area contributed by atoms with E-state index >= 15 is 0 Å². The van der Waals surface area contributed by atoms with E-state index in [0.29, 0.717) is 37.7 Å². The van der Waals surface area contributed by atoms with Gasteiger partial charge in [-0.1, -0.05) is 6.07 Å². The third kappa shape index (κ3) is 3.42. The first-order valence-corrected chi connectivity index (χ1v) is 8.28. The maximum Gasteiger partial charge on any atom is 0.242 e. The highest BCUT2D eigenvalue weighted by molar-refractivity contribution is 5.94. The van der Waals surface area contributed by atoms with Gasteiger partial charge in [0.2, 0.25) is 5.91 Å². The van der Waals surface area contributed by atoms with Crippen molar-refractivity contribution in [2.45, 2.75) is 18.6 Å². The summed E-state index contributed by atoms with van der Waals surface area (Å²) in [6, 6.07) is 10.7. The number of β-amino-alcohol motifs (C(OH)–C–C–N with tert-alkyl or cyclic N) is 1. The fourth-order valence-corrected chi connectivity index (χ4v) is 3.00. The SMILES string of the molecule is O=C(Nc1cccc(-c2ccc3c(c2)OCCO3)n1)C1CC(O)CN1. The van der Waals surface area contributed by atoms with Crippen LogP contribution in [-0.4, -0.2) is 47.9 Å². The average molecular weight is 341 g/mol. The molecule has 4 rings (SSSR count). The Morgan fingerprint density at radius 2 is 2.04 bits per heavy atom. The average Bonchev–Trinajstić information content (AvgIpc) is 3.08. The summed E-state index contributed by atoms with van der Waals surface area (Å²) in [5, 5.41) is 15.3. The minimum Gasteiger partial charge on any atom is -0.486 e. The van der Waals surface area contributed by atoms with E-state index < -0.39 is 12.1 Å². The van der Waals surface area contributed by atoms with Crippen molar-refractivity contribution in [2.75, 3.05) is 25.1 Å². The first-order valence-electron chi connectivity index (χ1n) is 8.28. The lowest BCUT2D eigenvalue weighted by Crippen LogP contribution is -2.35. The smallest absolute Gasteiger partial charge is 0.242 e. The summed E-state index contributed by atoms with van der Waals surface area (Å²) in [6.07, 6.45) is -0.0685. The van der Waals surface area contributed by atoms with Crippen molar-refractivity contribution in [2.24, 2.45) is 0 Å². The number of fused-ring (bicyclic) bond motifs is 1. The number of aromatic nitrogens is 1. The van der Waals surface area contributed by atoms with Gasteiger partial charge in [0.1, 0.15) is 19.0 Å². The summed E-state index contributed by atoms with van der Waals surface area (Å²) in [4.78, 5) is 16.7. The maximum absolute atomic E-state index is 12.2. The molecule has 2 aliphatic rings. The molecule has 3 heterocycles. The Morgan fingerprint density at radius 1 is 1.20 bits per heavy atom. The summed E-state index contributed by atoms with van der Waals surface area (Å²) in [6.45, 7) is 1.51. The second kappa shape index (κ2) is 6.70. The van der Waals surface area contributed by atoms with Crippen LogP contribution in [0.4, 0.5) is 5.82 Å². The van der Waals surface area contributed by atoms with Crippen molar-refractivity contribution in [3.63, 3.8) is 0 Å². The number of nitrogens with zero attached hydrogens (tertiary/aromatic N) is 1. The molecular weight excluding hydrogens is 322 g/mol. The summed E-state index contributed by atoms with van der Waals surface area (Å²) >= 11 is 0. The molecule has 0 radical (unpaired) electrons. The number of nitrogens with one attached hydrogen (secondary N) is 2. The van der Waals surface area contributed by atoms with E-state index in [1.165, 1.54) is 0 Å². The molecule has 130 valence electrons. The van der Waals surface area contributed by atoms with E-state index in [1.54, 1.807) is 6.07 Å². The van der Waals surface area contributed by atoms with E-state index in [-0.39, 0.29) is 5.91 Å². The van der Waals surface area contributed by atoms with Gasteiger partial charge in [-0.3, -0.25) is 4.79 Å². The van der Waals surface area contributed by atoms with Gasteiger partial charge in [-0.2, -0.15) is 0 Å². The van der Waals surface area contributed by atoms with Crippen molar-refractivity contribution in [3.8, 4) is 22.8 Å². The monoisotopic (exact) mass is 341 g/mol. The van der Waals surface area contributed by atoms with Gasteiger partial charge in [0.05, 0.1) is 17.8 Å². The normalized spacial score (nSPS) is 21.8. The van der Waals surface area contributed by atoms with Gasteiger partial charge in [-0.05, 0) is 36.8 Å². The molecule has 2 aromatic rings. The number of ether oxygens (including phenoxy) is 2. The van der Waals surface area contributed by atoms with Crippen molar-refractivity contribution in [3.05, 3.63) is 36.4 Å². The summed E-state index contributed by atoms with van der Waals surface area (Å²) in [7, 11) is 0. The summed E-state index contributed by atoms with van der Waals surface area (Å²) in [5.74, 6) is 1.71. The molecule has 0 aliphatic carbocycles. The Balaban J connectivity index is 1.52. The van der Waals surface area contributed by atoms with Crippen molar-refractivity contribution >= 4 is 11.7 Å². The van der Waals surface area contributed by atoms with E-state index in [1.807, 2.05) is 30.3 Å². The third-order valence-electron chi connectivity index (χ3n) is 4.26. The van der Waals surface area contributed by atoms with E-state index in [9.17, 15) is 9.90 Å². The zero-order chi connectivity index (χ0) is 17.2. The van der Waals surface area contributed by atoms with Gasteiger partial charge in [0.15, 0.2) is 11.5 Å². The molecule has 2 aliphatic heterocycles. The minimum atomic E-state index is -0.479. The zero-order valence-corrected chi connectivity index (χ0v) is 13.6. The Labute approximate surface area is 145 Å². The molecule has 1 aromatic carbocycles. The molecule has 7 nitrogen and oxygen atoms in total. The molecule has 1 saturated heterocycles. The molecule has 1 amide bonds. The fourth-order valence-electron chi connectivity index (χ4n) is 3.00. The number of pyridine rings is 1. The molecule has 0 saturated carbocycles. The number of rotatable bonds is 3. The van der Waals surface area contributed by atoms with Gasteiger partial charge in [0, 0.05) is 12.1 Å². The lowest BCUT2D eigenvalue weighted by molar-refractivity contribution is -0.118. The molecule has 7 heteroatoms. The van der Waals surface area contributed by atoms with Gasteiger partial charge < -0.3 is 25.2 Å². The zero-order valence-electron chi connectivity index (χ0n) is 13.6. The Kier molecular flexibility index (Phi) is 4.25. The maximum atomic E-state index is 12.2. The topological polar surface area (TPSA) is 92.7 Å². The number of carbonyl (C=O) groups is 1.